The Balaban J connectivity index is 2.44. The van der Waals surface area contributed by atoms with E-state index in [1.54, 1.807) is 0 Å². The van der Waals surface area contributed by atoms with Crippen molar-refractivity contribution in [1.82, 2.24) is 0 Å². The van der Waals surface area contributed by atoms with E-state index in [0.717, 1.165) is 0 Å². The van der Waals surface area contributed by atoms with Crippen LogP contribution in [-0.4, -0.2) is 0 Å². The summed E-state index contributed by atoms with van der Waals surface area (Å²) in [6, 6.07) is 6.60. The number of benzene rings is 2. The highest BCUT2D eigenvalue weighted by Crippen LogP contribution is 2.45. The molecule has 0 aromatic heterocycles. The van der Waals surface area contributed by atoms with Crippen molar-refractivity contribution in [3.8, 4) is 11.1 Å². The van der Waals surface area contributed by atoms with E-state index in [9.17, 15) is 0 Å². The fourth-order valence-corrected chi connectivity index (χ4v) is 3.15. The van der Waals surface area contributed by atoms with E-state index < -0.39 is 0 Å². The van der Waals surface area contributed by atoms with Gasteiger partial charge >= 0.3 is 0 Å². The van der Waals surface area contributed by atoms with Crippen LogP contribution in [-0.2, 0) is 0 Å². The maximum Gasteiger partial charge on any atom is 0.0214 e. The first kappa shape index (κ1) is 11.5. The third kappa shape index (κ3) is 1.32. The Morgan fingerprint density at radius 2 is 1.33 bits per heavy atom. The second-order valence-corrected chi connectivity index (χ2v) is 5.47. The van der Waals surface area contributed by atoms with Gasteiger partial charge in [0.25, 0.3) is 0 Å². The zero-order valence-electron chi connectivity index (χ0n) is 11.8. The standard InChI is InChI=1S/C18H19/c1-10-7-6-8-15-9-16-13(4)11(2)12(3)14(5)18(16)17(10)15/h6-9H,1-5H3. The molecular formula is C18H19. The first-order valence-electron chi connectivity index (χ1n) is 6.57. The summed E-state index contributed by atoms with van der Waals surface area (Å²) in [6.45, 7) is 11.2. The van der Waals surface area contributed by atoms with E-state index in [4.69, 9.17) is 0 Å². The summed E-state index contributed by atoms with van der Waals surface area (Å²) in [5.41, 5.74) is 12.8. The molecule has 0 fully saturated rings. The predicted octanol–water partition coefficient (Wildman–Crippen LogP) is 4.81. The van der Waals surface area contributed by atoms with Crippen LogP contribution in [0.1, 0.15) is 38.9 Å². The predicted molar refractivity (Wildman–Crippen MR) is 78.1 cm³/mol. The van der Waals surface area contributed by atoms with Crippen molar-refractivity contribution >= 4 is 0 Å². The van der Waals surface area contributed by atoms with Gasteiger partial charge in [0.15, 0.2) is 0 Å². The molecule has 3 rings (SSSR count). The molecular weight excluding hydrogens is 216 g/mol. The van der Waals surface area contributed by atoms with E-state index in [1.807, 2.05) is 0 Å². The van der Waals surface area contributed by atoms with Gasteiger partial charge in [-0.1, -0.05) is 18.2 Å². The van der Waals surface area contributed by atoms with Crippen molar-refractivity contribution in [3.05, 3.63) is 63.6 Å². The molecule has 2 aromatic carbocycles. The van der Waals surface area contributed by atoms with E-state index in [0.29, 0.717) is 0 Å². The lowest BCUT2D eigenvalue weighted by molar-refractivity contribution is 1.20. The molecule has 0 bridgehead atoms. The molecule has 0 amide bonds. The minimum absolute atomic E-state index is 1.38. The van der Waals surface area contributed by atoms with Gasteiger partial charge in [0, 0.05) is 6.42 Å². The van der Waals surface area contributed by atoms with Crippen molar-refractivity contribution in [2.24, 2.45) is 0 Å². The van der Waals surface area contributed by atoms with Gasteiger partial charge in [0.1, 0.15) is 0 Å². The van der Waals surface area contributed by atoms with Crippen molar-refractivity contribution in [2.75, 3.05) is 0 Å². The van der Waals surface area contributed by atoms with Gasteiger partial charge < -0.3 is 0 Å². The molecule has 0 nitrogen and oxygen atoms in total. The van der Waals surface area contributed by atoms with Gasteiger partial charge in [0.05, 0.1) is 0 Å². The minimum Gasteiger partial charge on any atom is -0.0617 e. The summed E-state index contributed by atoms with van der Waals surface area (Å²) >= 11 is 0. The summed E-state index contributed by atoms with van der Waals surface area (Å²) in [4.78, 5) is 0. The zero-order valence-corrected chi connectivity index (χ0v) is 11.8. The summed E-state index contributed by atoms with van der Waals surface area (Å²) in [7, 11) is 0. The van der Waals surface area contributed by atoms with Crippen LogP contribution in [0.2, 0.25) is 0 Å². The molecule has 0 atom stereocenters. The maximum atomic E-state index is 2.35. The molecule has 1 aliphatic rings. The SMILES string of the molecule is Cc1cccc2c1-c1c(C)c(C)c(C)c(C)c1[CH]2. The lowest BCUT2D eigenvalue weighted by atomic mass is 9.88. The van der Waals surface area contributed by atoms with E-state index >= 15 is 0 Å². The van der Waals surface area contributed by atoms with Crippen LogP contribution in [0.25, 0.3) is 11.1 Å². The van der Waals surface area contributed by atoms with E-state index in [-0.39, 0.29) is 0 Å². The largest absolute Gasteiger partial charge is 0.0617 e. The number of hydrogen-bond acceptors (Lipinski definition) is 0. The Morgan fingerprint density at radius 1 is 0.667 bits per heavy atom. The first-order chi connectivity index (χ1) is 8.52. The number of fused-ring (bicyclic) bond motifs is 3. The smallest absolute Gasteiger partial charge is 0.0214 e. The van der Waals surface area contributed by atoms with E-state index in [2.05, 4.69) is 59.2 Å². The third-order valence-electron chi connectivity index (χ3n) is 4.59. The normalized spacial score (nSPS) is 12.5. The Morgan fingerprint density at radius 3 is 2.06 bits per heavy atom. The molecule has 91 valence electrons. The molecule has 1 aliphatic carbocycles. The Bertz CT molecular complexity index is 660. The van der Waals surface area contributed by atoms with Crippen LogP contribution >= 0.6 is 0 Å². The van der Waals surface area contributed by atoms with Gasteiger partial charge in [-0.15, -0.1) is 0 Å². The molecule has 0 spiro atoms. The zero-order chi connectivity index (χ0) is 13.0. The lowest BCUT2D eigenvalue weighted by Crippen LogP contribution is -1.97. The maximum absolute atomic E-state index is 2.35. The van der Waals surface area contributed by atoms with Crippen LogP contribution in [0.3, 0.4) is 0 Å². The number of hydrogen-bond donors (Lipinski definition) is 0. The number of rotatable bonds is 0. The Kier molecular flexibility index (Phi) is 2.38. The highest BCUT2D eigenvalue weighted by atomic mass is 14.3. The molecule has 0 saturated heterocycles. The third-order valence-corrected chi connectivity index (χ3v) is 4.59. The fraction of sp³-hybridized carbons (Fsp3) is 0.278. The average molecular weight is 235 g/mol. The molecule has 0 N–H and O–H groups in total. The van der Waals surface area contributed by atoms with Crippen LogP contribution in [0.4, 0.5) is 0 Å². The summed E-state index contributed by atoms with van der Waals surface area (Å²) in [5.74, 6) is 0. The minimum atomic E-state index is 1.38. The van der Waals surface area contributed by atoms with Gasteiger partial charge in [-0.25, -0.2) is 0 Å². The molecule has 0 aliphatic heterocycles. The molecule has 18 heavy (non-hydrogen) atoms. The van der Waals surface area contributed by atoms with Gasteiger partial charge in [-0.2, -0.15) is 0 Å². The van der Waals surface area contributed by atoms with Crippen molar-refractivity contribution in [3.63, 3.8) is 0 Å². The highest BCUT2D eigenvalue weighted by Gasteiger charge is 2.25. The highest BCUT2D eigenvalue weighted by molar-refractivity contribution is 5.87. The van der Waals surface area contributed by atoms with Gasteiger partial charge in [-0.3, -0.25) is 0 Å². The first-order valence-corrected chi connectivity index (χ1v) is 6.57. The topological polar surface area (TPSA) is 0 Å². The van der Waals surface area contributed by atoms with Gasteiger partial charge in [-0.05, 0) is 84.7 Å². The van der Waals surface area contributed by atoms with Crippen LogP contribution in [0.5, 0.6) is 0 Å². The van der Waals surface area contributed by atoms with Crippen molar-refractivity contribution in [2.45, 2.75) is 34.6 Å². The summed E-state index contributed by atoms with van der Waals surface area (Å²) in [5, 5.41) is 0. The van der Waals surface area contributed by atoms with E-state index in [1.165, 1.54) is 50.1 Å². The second-order valence-electron chi connectivity index (χ2n) is 5.47. The average Bonchev–Trinajstić information content (AvgIpc) is 2.75. The fourth-order valence-electron chi connectivity index (χ4n) is 3.15. The van der Waals surface area contributed by atoms with Crippen molar-refractivity contribution < 1.29 is 0 Å². The summed E-state index contributed by atoms with van der Waals surface area (Å²) < 4.78 is 0. The van der Waals surface area contributed by atoms with Gasteiger partial charge in [0.2, 0.25) is 0 Å². The van der Waals surface area contributed by atoms with Crippen LogP contribution < -0.4 is 0 Å². The summed E-state index contributed by atoms with van der Waals surface area (Å²) in [6.07, 6.45) is 2.35. The molecule has 0 saturated carbocycles. The number of aryl methyl sites for hydroxylation is 1. The molecule has 0 heteroatoms. The Hall–Kier alpha value is -1.56. The Labute approximate surface area is 110 Å². The quantitative estimate of drug-likeness (QED) is 0.524. The van der Waals surface area contributed by atoms with Crippen molar-refractivity contribution in [1.29, 1.82) is 0 Å². The molecule has 2 aromatic rings. The molecule has 0 unspecified atom stereocenters. The second kappa shape index (κ2) is 3.71. The molecule has 1 radical (unpaired) electrons. The lowest BCUT2D eigenvalue weighted by Gasteiger charge is -2.16. The monoisotopic (exact) mass is 235 g/mol. The van der Waals surface area contributed by atoms with Crippen LogP contribution in [0.15, 0.2) is 18.2 Å². The molecule has 0 heterocycles. The van der Waals surface area contributed by atoms with Crippen LogP contribution in [0, 0.1) is 41.0 Å².